The predicted octanol–water partition coefficient (Wildman–Crippen LogP) is 2.64. The molecule has 0 fully saturated rings. The number of anilines is 1. The van der Waals surface area contributed by atoms with Crippen molar-refractivity contribution in [3.8, 4) is 5.75 Å². The van der Waals surface area contributed by atoms with Gasteiger partial charge in [0.2, 0.25) is 11.8 Å². The SMILES string of the molecule is CC(C)(C)c1noc(CCC(=O)Nc2ccccc2O)n1. The Morgan fingerprint density at radius 3 is 2.67 bits per heavy atom. The van der Waals surface area contributed by atoms with Crippen LogP contribution >= 0.6 is 0 Å². The molecule has 21 heavy (non-hydrogen) atoms. The molecule has 6 heteroatoms. The van der Waals surface area contributed by atoms with Gasteiger partial charge < -0.3 is 14.9 Å². The van der Waals surface area contributed by atoms with E-state index < -0.39 is 0 Å². The van der Waals surface area contributed by atoms with E-state index in [4.69, 9.17) is 4.52 Å². The molecule has 0 aliphatic heterocycles. The largest absolute Gasteiger partial charge is 0.506 e. The topological polar surface area (TPSA) is 88.2 Å². The van der Waals surface area contributed by atoms with Gasteiger partial charge in [0.25, 0.3) is 0 Å². The van der Waals surface area contributed by atoms with Crippen LogP contribution in [0.3, 0.4) is 0 Å². The van der Waals surface area contributed by atoms with Crippen LogP contribution in [0.4, 0.5) is 5.69 Å². The zero-order chi connectivity index (χ0) is 15.5. The van der Waals surface area contributed by atoms with Gasteiger partial charge >= 0.3 is 0 Å². The summed E-state index contributed by atoms with van der Waals surface area (Å²) in [5.41, 5.74) is 0.211. The molecule has 0 aliphatic carbocycles. The number of nitrogens with zero attached hydrogens (tertiary/aromatic N) is 2. The number of aryl methyl sites for hydroxylation is 1. The van der Waals surface area contributed by atoms with Crippen LogP contribution in [0, 0.1) is 0 Å². The Balaban J connectivity index is 1.90. The number of amides is 1. The van der Waals surface area contributed by atoms with Crippen molar-refractivity contribution in [2.45, 2.75) is 39.0 Å². The highest BCUT2D eigenvalue weighted by Crippen LogP contribution is 2.22. The Morgan fingerprint density at radius 1 is 1.33 bits per heavy atom. The second-order valence-corrected chi connectivity index (χ2v) is 5.83. The van der Waals surface area contributed by atoms with Crippen LogP contribution in [0.2, 0.25) is 0 Å². The highest BCUT2D eigenvalue weighted by atomic mass is 16.5. The zero-order valence-corrected chi connectivity index (χ0v) is 12.4. The highest BCUT2D eigenvalue weighted by Gasteiger charge is 2.21. The molecule has 0 bridgehead atoms. The van der Waals surface area contributed by atoms with Crippen LogP contribution in [0.15, 0.2) is 28.8 Å². The Morgan fingerprint density at radius 2 is 2.05 bits per heavy atom. The number of phenolic OH excluding ortho intramolecular Hbond substituents is 1. The third-order valence-corrected chi connectivity index (χ3v) is 2.88. The van der Waals surface area contributed by atoms with Gasteiger partial charge in [-0.1, -0.05) is 38.1 Å². The molecule has 2 N–H and O–H groups in total. The summed E-state index contributed by atoms with van der Waals surface area (Å²) in [6.07, 6.45) is 0.572. The summed E-state index contributed by atoms with van der Waals surface area (Å²) in [4.78, 5) is 16.1. The first kappa shape index (κ1) is 15.0. The fraction of sp³-hybridized carbons (Fsp3) is 0.400. The number of aromatic nitrogens is 2. The minimum Gasteiger partial charge on any atom is -0.506 e. The molecule has 0 radical (unpaired) electrons. The lowest BCUT2D eigenvalue weighted by molar-refractivity contribution is -0.116. The average molecular weight is 289 g/mol. The second-order valence-electron chi connectivity index (χ2n) is 5.83. The van der Waals surface area contributed by atoms with Gasteiger partial charge in [0, 0.05) is 18.3 Å². The second kappa shape index (κ2) is 5.95. The number of benzene rings is 1. The van der Waals surface area contributed by atoms with Crippen LogP contribution in [0.25, 0.3) is 0 Å². The molecule has 2 aromatic rings. The molecule has 0 spiro atoms. The minimum atomic E-state index is -0.216. The van der Waals surface area contributed by atoms with Crippen LogP contribution < -0.4 is 5.32 Å². The average Bonchev–Trinajstić information content (AvgIpc) is 2.88. The molecular weight excluding hydrogens is 270 g/mol. The lowest BCUT2D eigenvalue weighted by atomic mass is 9.96. The van der Waals surface area contributed by atoms with Crippen LogP contribution in [-0.4, -0.2) is 21.2 Å². The Labute approximate surface area is 123 Å². The van der Waals surface area contributed by atoms with Gasteiger partial charge in [-0.3, -0.25) is 4.79 Å². The normalized spacial score (nSPS) is 11.4. The summed E-state index contributed by atoms with van der Waals surface area (Å²) in [5, 5.41) is 16.1. The Hall–Kier alpha value is -2.37. The third-order valence-electron chi connectivity index (χ3n) is 2.88. The van der Waals surface area contributed by atoms with Gasteiger partial charge in [-0.25, -0.2) is 0 Å². The molecule has 1 aromatic heterocycles. The fourth-order valence-electron chi connectivity index (χ4n) is 1.67. The van der Waals surface area contributed by atoms with Crippen molar-refractivity contribution in [1.29, 1.82) is 0 Å². The standard InChI is InChI=1S/C15H19N3O3/c1-15(2,3)14-17-13(21-18-14)9-8-12(20)16-10-6-4-5-7-11(10)19/h4-7,19H,8-9H2,1-3H3,(H,16,20). The van der Waals surface area contributed by atoms with Gasteiger partial charge in [-0.2, -0.15) is 4.98 Å². The molecule has 0 saturated heterocycles. The number of carbonyl (C=O) groups excluding carboxylic acids is 1. The lowest BCUT2D eigenvalue weighted by Gasteiger charge is -2.10. The van der Waals surface area contributed by atoms with Crippen molar-refractivity contribution in [3.63, 3.8) is 0 Å². The predicted molar refractivity (Wildman–Crippen MR) is 78.1 cm³/mol. The minimum absolute atomic E-state index is 0.0404. The van der Waals surface area contributed by atoms with Crippen LogP contribution in [0.1, 0.15) is 38.9 Å². The quantitative estimate of drug-likeness (QED) is 0.845. The number of carbonyl (C=O) groups is 1. The maximum Gasteiger partial charge on any atom is 0.227 e. The van der Waals surface area contributed by atoms with Crippen LogP contribution in [0.5, 0.6) is 5.75 Å². The van der Waals surface area contributed by atoms with E-state index in [0.29, 0.717) is 23.8 Å². The molecule has 0 saturated carbocycles. The van der Waals surface area contributed by atoms with E-state index in [2.05, 4.69) is 15.5 Å². The first-order chi connectivity index (χ1) is 9.86. The molecule has 112 valence electrons. The number of nitrogens with one attached hydrogen (secondary N) is 1. The van der Waals surface area contributed by atoms with E-state index in [-0.39, 0.29) is 23.5 Å². The summed E-state index contributed by atoms with van der Waals surface area (Å²) >= 11 is 0. The molecule has 0 aliphatic rings. The van der Waals surface area contributed by atoms with Crippen molar-refractivity contribution < 1.29 is 14.4 Å². The summed E-state index contributed by atoms with van der Waals surface area (Å²) in [5.74, 6) is 0.886. The fourth-order valence-corrected chi connectivity index (χ4v) is 1.67. The summed E-state index contributed by atoms with van der Waals surface area (Å²) < 4.78 is 5.12. The van der Waals surface area contributed by atoms with Gasteiger partial charge in [-0.05, 0) is 12.1 Å². The number of para-hydroxylation sites is 2. The molecule has 6 nitrogen and oxygen atoms in total. The number of phenols is 1. The van der Waals surface area contributed by atoms with E-state index in [1.807, 2.05) is 20.8 Å². The van der Waals surface area contributed by atoms with E-state index in [9.17, 15) is 9.90 Å². The maximum atomic E-state index is 11.8. The zero-order valence-electron chi connectivity index (χ0n) is 12.4. The summed E-state index contributed by atoms with van der Waals surface area (Å²) in [7, 11) is 0. The molecule has 2 rings (SSSR count). The summed E-state index contributed by atoms with van der Waals surface area (Å²) in [6, 6.07) is 6.58. The van der Waals surface area contributed by atoms with E-state index >= 15 is 0 Å². The van der Waals surface area contributed by atoms with Gasteiger partial charge in [0.15, 0.2) is 5.82 Å². The molecular formula is C15H19N3O3. The van der Waals surface area contributed by atoms with Crippen LogP contribution in [-0.2, 0) is 16.6 Å². The van der Waals surface area contributed by atoms with Gasteiger partial charge in [-0.15, -0.1) is 0 Å². The molecule has 1 amide bonds. The van der Waals surface area contributed by atoms with E-state index in [1.54, 1.807) is 18.2 Å². The van der Waals surface area contributed by atoms with Gasteiger partial charge in [0.1, 0.15) is 5.75 Å². The summed E-state index contributed by atoms with van der Waals surface area (Å²) in [6.45, 7) is 5.98. The van der Waals surface area contributed by atoms with Crippen molar-refractivity contribution in [1.82, 2.24) is 10.1 Å². The van der Waals surface area contributed by atoms with Crippen molar-refractivity contribution in [2.24, 2.45) is 0 Å². The monoisotopic (exact) mass is 289 g/mol. The highest BCUT2D eigenvalue weighted by molar-refractivity contribution is 5.92. The molecule has 0 unspecified atom stereocenters. The third kappa shape index (κ3) is 4.05. The number of aromatic hydroxyl groups is 1. The van der Waals surface area contributed by atoms with E-state index in [1.165, 1.54) is 6.07 Å². The molecule has 0 atom stereocenters. The Bertz CT molecular complexity index is 629. The Kier molecular flexibility index (Phi) is 4.26. The van der Waals surface area contributed by atoms with Crippen molar-refractivity contribution in [3.05, 3.63) is 36.0 Å². The van der Waals surface area contributed by atoms with E-state index in [0.717, 1.165) is 0 Å². The molecule has 1 aromatic carbocycles. The number of rotatable bonds is 4. The number of hydrogen-bond acceptors (Lipinski definition) is 5. The van der Waals surface area contributed by atoms with Crippen molar-refractivity contribution in [2.75, 3.05) is 5.32 Å². The van der Waals surface area contributed by atoms with Gasteiger partial charge in [0.05, 0.1) is 5.69 Å². The number of hydrogen-bond donors (Lipinski definition) is 2. The first-order valence-electron chi connectivity index (χ1n) is 6.77. The van der Waals surface area contributed by atoms with Crippen molar-refractivity contribution >= 4 is 11.6 Å². The lowest BCUT2D eigenvalue weighted by Crippen LogP contribution is -2.14. The first-order valence-corrected chi connectivity index (χ1v) is 6.77. The smallest absolute Gasteiger partial charge is 0.227 e. The molecule has 1 heterocycles. The maximum absolute atomic E-state index is 11.8.